The summed E-state index contributed by atoms with van der Waals surface area (Å²) in [5.41, 5.74) is 6.00. The molecule has 0 aromatic carbocycles. The predicted molar refractivity (Wildman–Crippen MR) is 64.5 cm³/mol. The van der Waals surface area contributed by atoms with E-state index in [1.54, 1.807) is 0 Å². The molecule has 0 saturated heterocycles. The van der Waals surface area contributed by atoms with Crippen molar-refractivity contribution < 1.29 is 0 Å². The quantitative estimate of drug-likeness (QED) is 0.707. The molecule has 2 N–H and O–H groups in total. The van der Waals surface area contributed by atoms with Gasteiger partial charge in [-0.3, -0.25) is 4.90 Å². The SMILES string of the molecule is CC(C)(C)N(CCCCN)C(C)(C)C. The van der Waals surface area contributed by atoms with Gasteiger partial charge in [0.15, 0.2) is 0 Å². The van der Waals surface area contributed by atoms with Gasteiger partial charge in [-0.1, -0.05) is 0 Å². The summed E-state index contributed by atoms with van der Waals surface area (Å²) in [7, 11) is 0. The first-order valence-electron chi connectivity index (χ1n) is 5.67. The van der Waals surface area contributed by atoms with Gasteiger partial charge >= 0.3 is 0 Å². The van der Waals surface area contributed by atoms with E-state index in [0.717, 1.165) is 19.5 Å². The highest BCUT2D eigenvalue weighted by molar-refractivity contribution is 4.86. The van der Waals surface area contributed by atoms with Crippen molar-refractivity contribution in [2.75, 3.05) is 13.1 Å². The molecule has 0 bridgehead atoms. The van der Waals surface area contributed by atoms with Gasteiger partial charge in [-0.2, -0.15) is 0 Å². The van der Waals surface area contributed by atoms with E-state index < -0.39 is 0 Å². The van der Waals surface area contributed by atoms with Gasteiger partial charge in [-0.15, -0.1) is 0 Å². The molecule has 0 saturated carbocycles. The fraction of sp³-hybridized carbons (Fsp3) is 1.00. The first-order valence-corrected chi connectivity index (χ1v) is 5.67. The van der Waals surface area contributed by atoms with Crippen LogP contribution in [0.15, 0.2) is 0 Å². The molecule has 0 rings (SSSR count). The summed E-state index contributed by atoms with van der Waals surface area (Å²) < 4.78 is 0. The summed E-state index contributed by atoms with van der Waals surface area (Å²) in [5, 5.41) is 0. The van der Waals surface area contributed by atoms with Crippen molar-refractivity contribution in [2.45, 2.75) is 65.5 Å². The average Bonchev–Trinajstić information content (AvgIpc) is 1.92. The van der Waals surface area contributed by atoms with Crippen LogP contribution in [0, 0.1) is 0 Å². The van der Waals surface area contributed by atoms with Crippen molar-refractivity contribution in [3.63, 3.8) is 0 Å². The van der Waals surface area contributed by atoms with Gasteiger partial charge in [0.1, 0.15) is 0 Å². The molecule has 0 atom stereocenters. The van der Waals surface area contributed by atoms with Gasteiger partial charge < -0.3 is 5.73 Å². The molecule has 0 fully saturated rings. The number of nitrogens with zero attached hydrogens (tertiary/aromatic N) is 1. The van der Waals surface area contributed by atoms with Crippen molar-refractivity contribution in [3.8, 4) is 0 Å². The lowest BCUT2D eigenvalue weighted by Crippen LogP contribution is -2.52. The molecule has 0 amide bonds. The topological polar surface area (TPSA) is 29.3 Å². The van der Waals surface area contributed by atoms with E-state index in [1.807, 2.05) is 0 Å². The van der Waals surface area contributed by atoms with E-state index in [9.17, 15) is 0 Å². The fourth-order valence-corrected chi connectivity index (χ4v) is 2.09. The molecule has 0 aliphatic carbocycles. The Morgan fingerprint density at radius 1 is 0.857 bits per heavy atom. The van der Waals surface area contributed by atoms with E-state index in [2.05, 4.69) is 46.4 Å². The number of hydrogen-bond acceptors (Lipinski definition) is 2. The molecule has 86 valence electrons. The highest BCUT2D eigenvalue weighted by atomic mass is 15.2. The van der Waals surface area contributed by atoms with Gasteiger partial charge in [0.05, 0.1) is 0 Å². The molecule has 0 heterocycles. The summed E-state index contributed by atoms with van der Waals surface area (Å²) in [6.45, 7) is 15.6. The molecule has 0 unspecified atom stereocenters. The Morgan fingerprint density at radius 2 is 1.29 bits per heavy atom. The zero-order chi connectivity index (χ0) is 11.4. The molecular formula is C12H28N2. The predicted octanol–water partition coefficient (Wildman–Crippen LogP) is 2.62. The Kier molecular flexibility index (Phi) is 5.10. The molecule has 0 aliphatic heterocycles. The Hall–Kier alpha value is -0.0800. The first-order chi connectivity index (χ1) is 6.19. The Balaban J connectivity index is 4.28. The van der Waals surface area contributed by atoms with Crippen LogP contribution in [0.5, 0.6) is 0 Å². The maximum absolute atomic E-state index is 5.51. The van der Waals surface area contributed by atoms with Crippen molar-refractivity contribution in [2.24, 2.45) is 5.73 Å². The van der Waals surface area contributed by atoms with E-state index in [1.165, 1.54) is 6.42 Å². The van der Waals surface area contributed by atoms with Crippen molar-refractivity contribution in [3.05, 3.63) is 0 Å². The average molecular weight is 200 g/mol. The maximum Gasteiger partial charge on any atom is 0.0130 e. The second kappa shape index (κ2) is 5.13. The van der Waals surface area contributed by atoms with Crippen LogP contribution in [0.1, 0.15) is 54.4 Å². The lowest BCUT2D eigenvalue weighted by Gasteiger charge is -2.45. The van der Waals surface area contributed by atoms with Gasteiger partial charge in [-0.05, 0) is 67.5 Å². The number of nitrogens with two attached hydrogens (primary N) is 1. The third-order valence-corrected chi connectivity index (χ3v) is 2.46. The highest BCUT2D eigenvalue weighted by Gasteiger charge is 2.30. The highest BCUT2D eigenvalue weighted by Crippen LogP contribution is 2.24. The van der Waals surface area contributed by atoms with Crippen LogP contribution < -0.4 is 5.73 Å². The summed E-state index contributed by atoms with van der Waals surface area (Å²) in [5.74, 6) is 0. The summed E-state index contributed by atoms with van der Waals surface area (Å²) >= 11 is 0. The largest absolute Gasteiger partial charge is 0.330 e. The van der Waals surface area contributed by atoms with E-state index in [-0.39, 0.29) is 11.1 Å². The second-order valence-corrected chi connectivity index (χ2v) is 5.99. The summed E-state index contributed by atoms with van der Waals surface area (Å²) in [6, 6.07) is 0. The Bertz CT molecular complexity index is 137. The zero-order valence-corrected chi connectivity index (χ0v) is 10.9. The van der Waals surface area contributed by atoms with Crippen molar-refractivity contribution in [1.82, 2.24) is 4.90 Å². The van der Waals surface area contributed by atoms with E-state index >= 15 is 0 Å². The standard InChI is InChI=1S/C12H28N2/c1-11(2,3)14(12(4,5)6)10-8-7-9-13/h7-10,13H2,1-6H3. The second-order valence-electron chi connectivity index (χ2n) is 5.99. The van der Waals surface area contributed by atoms with Crippen LogP contribution in [-0.4, -0.2) is 29.1 Å². The zero-order valence-electron chi connectivity index (χ0n) is 10.9. The van der Waals surface area contributed by atoms with Gasteiger partial charge in [0, 0.05) is 11.1 Å². The van der Waals surface area contributed by atoms with E-state index in [4.69, 9.17) is 5.73 Å². The maximum atomic E-state index is 5.51. The fourth-order valence-electron chi connectivity index (χ4n) is 2.09. The van der Waals surface area contributed by atoms with Crippen LogP contribution in [0.3, 0.4) is 0 Å². The Labute approximate surface area is 89.9 Å². The van der Waals surface area contributed by atoms with Crippen LogP contribution in [0.25, 0.3) is 0 Å². The third kappa shape index (κ3) is 4.97. The molecule has 0 radical (unpaired) electrons. The third-order valence-electron chi connectivity index (χ3n) is 2.46. The molecule has 2 heteroatoms. The molecule has 14 heavy (non-hydrogen) atoms. The van der Waals surface area contributed by atoms with Gasteiger partial charge in [0.25, 0.3) is 0 Å². The molecule has 0 spiro atoms. The number of hydrogen-bond donors (Lipinski definition) is 1. The van der Waals surface area contributed by atoms with Crippen LogP contribution >= 0.6 is 0 Å². The normalized spacial score (nSPS) is 13.7. The molecule has 0 aromatic rings. The number of unbranched alkanes of at least 4 members (excludes halogenated alkanes) is 1. The number of rotatable bonds is 4. The van der Waals surface area contributed by atoms with Crippen LogP contribution in [-0.2, 0) is 0 Å². The molecular weight excluding hydrogens is 172 g/mol. The lowest BCUT2D eigenvalue weighted by atomic mass is 9.95. The summed E-state index contributed by atoms with van der Waals surface area (Å²) in [4.78, 5) is 2.55. The molecule has 0 aliphatic rings. The van der Waals surface area contributed by atoms with Crippen LogP contribution in [0.2, 0.25) is 0 Å². The minimum atomic E-state index is 0.243. The first kappa shape index (κ1) is 13.9. The van der Waals surface area contributed by atoms with E-state index in [0.29, 0.717) is 0 Å². The van der Waals surface area contributed by atoms with Crippen LogP contribution in [0.4, 0.5) is 0 Å². The van der Waals surface area contributed by atoms with Gasteiger partial charge in [-0.25, -0.2) is 0 Å². The van der Waals surface area contributed by atoms with Gasteiger partial charge in [0.2, 0.25) is 0 Å². The molecule has 0 aromatic heterocycles. The van der Waals surface area contributed by atoms with Crippen molar-refractivity contribution >= 4 is 0 Å². The summed E-state index contributed by atoms with van der Waals surface area (Å²) in [6.07, 6.45) is 2.33. The minimum absolute atomic E-state index is 0.243. The molecule has 2 nitrogen and oxygen atoms in total. The minimum Gasteiger partial charge on any atom is -0.330 e. The lowest BCUT2D eigenvalue weighted by molar-refractivity contribution is 0.0370. The Morgan fingerprint density at radius 3 is 1.57 bits per heavy atom. The smallest absolute Gasteiger partial charge is 0.0130 e. The monoisotopic (exact) mass is 200 g/mol. The van der Waals surface area contributed by atoms with Crippen molar-refractivity contribution in [1.29, 1.82) is 0 Å².